The highest BCUT2D eigenvalue weighted by molar-refractivity contribution is 5.13. The molecule has 1 aliphatic rings. The molecule has 0 amide bonds. The molecule has 0 aliphatic heterocycles. The molecular formula is C10H17N3O. The van der Waals surface area contributed by atoms with Crippen LogP contribution < -0.4 is 5.73 Å². The molecule has 0 spiro atoms. The molecule has 4 nitrogen and oxygen atoms in total. The first-order valence-electron chi connectivity index (χ1n) is 4.99. The number of aryl methyl sites for hydroxylation is 1. The van der Waals surface area contributed by atoms with Gasteiger partial charge in [-0.25, -0.2) is 0 Å². The second-order valence-electron chi connectivity index (χ2n) is 4.01. The first kappa shape index (κ1) is 9.68. The van der Waals surface area contributed by atoms with Crippen LogP contribution in [0, 0.1) is 5.92 Å². The van der Waals surface area contributed by atoms with Crippen molar-refractivity contribution < 1.29 is 4.74 Å². The average molecular weight is 195 g/mol. The lowest BCUT2D eigenvalue weighted by molar-refractivity contribution is 0.0624. The van der Waals surface area contributed by atoms with E-state index < -0.39 is 0 Å². The number of ether oxygens (including phenoxy) is 1. The molecule has 1 saturated carbocycles. The van der Waals surface area contributed by atoms with E-state index in [1.54, 1.807) is 11.8 Å². The fourth-order valence-corrected chi connectivity index (χ4v) is 1.86. The van der Waals surface area contributed by atoms with Gasteiger partial charge < -0.3 is 10.5 Å². The number of hydrogen-bond donors (Lipinski definition) is 1. The van der Waals surface area contributed by atoms with Crippen molar-refractivity contribution in [1.82, 2.24) is 9.78 Å². The highest BCUT2D eigenvalue weighted by Crippen LogP contribution is 2.38. The van der Waals surface area contributed by atoms with Gasteiger partial charge in [-0.2, -0.15) is 5.10 Å². The fourth-order valence-electron chi connectivity index (χ4n) is 1.86. The zero-order chi connectivity index (χ0) is 10.1. The Bertz CT molecular complexity index is 306. The molecule has 1 aromatic heterocycles. The summed E-state index contributed by atoms with van der Waals surface area (Å²) in [5.41, 5.74) is 7.19. The third-order valence-electron chi connectivity index (χ3n) is 2.82. The van der Waals surface area contributed by atoms with Gasteiger partial charge in [0.05, 0.1) is 18.3 Å². The summed E-state index contributed by atoms with van der Waals surface area (Å²) in [6.07, 6.45) is 6.41. The van der Waals surface area contributed by atoms with Crippen LogP contribution in [0.1, 0.15) is 24.4 Å². The van der Waals surface area contributed by atoms with Crippen LogP contribution in [0.15, 0.2) is 12.4 Å². The Labute approximate surface area is 84.0 Å². The predicted molar refractivity (Wildman–Crippen MR) is 53.7 cm³/mol. The summed E-state index contributed by atoms with van der Waals surface area (Å²) in [6, 6.07) is -0.0406. The van der Waals surface area contributed by atoms with Crippen LogP contribution in [-0.2, 0) is 11.8 Å². The summed E-state index contributed by atoms with van der Waals surface area (Å²) < 4.78 is 7.21. The Morgan fingerprint density at radius 3 is 2.79 bits per heavy atom. The van der Waals surface area contributed by atoms with Crippen molar-refractivity contribution in [3.05, 3.63) is 18.0 Å². The van der Waals surface area contributed by atoms with Gasteiger partial charge in [-0.1, -0.05) is 0 Å². The number of methoxy groups -OCH3 is 1. The quantitative estimate of drug-likeness (QED) is 0.774. The number of hydrogen-bond acceptors (Lipinski definition) is 3. The van der Waals surface area contributed by atoms with E-state index in [4.69, 9.17) is 10.5 Å². The van der Waals surface area contributed by atoms with Gasteiger partial charge in [0, 0.05) is 25.9 Å². The predicted octanol–water partition coefficient (Wildman–Crippen LogP) is 0.845. The summed E-state index contributed by atoms with van der Waals surface area (Å²) in [5.74, 6) is 0.648. The highest BCUT2D eigenvalue weighted by atomic mass is 16.5. The zero-order valence-corrected chi connectivity index (χ0v) is 8.68. The molecule has 78 valence electrons. The second kappa shape index (κ2) is 3.71. The lowest BCUT2D eigenvalue weighted by Gasteiger charge is -2.21. The highest BCUT2D eigenvalue weighted by Gasteiger charge is 2.36. The SMILES string of the molecule is COC(C1CC1)C(N)c1cnn(C)c1. The first-order valence-corrected chi connectivity index (χ1v) is 4.99. The minimum Gasteiger partial charge on any atom is -0.379 e. The van der Waals surface area contributed by atoms with Gasteiger partial charge in [0.2, 0.25) is 0 Å². The first-order chi connectivity index (χ1) is 6.72. The van der Waals surface area contributed by atoms with Gasteiger partial charge in [-0.05, 0) is 18.8 Å². The maximum absolute atomic E-state index is 6.13. The third kappa shape index (κ3) is 1.81. The summed E-state index contributed by atoms with van der Waals surface area (Å²) in [4.78, 5) is 0. The molecule has 0 aromatic carbocycles. The normalized spacial score (nSPS) is 20.8. The number of nitrogens with two attached hydrogens (primary N) is 1. The van der Waals surface area contributed by atoms with Crippen molar-refractivity contribution in [1.29, 1.82) is 0 Å². The Morgan fingerprint density at radius 1 is 1.64 bits per heavy atom. The third-order valence-corrected chi connectivity index (χ3v) is 2.82. The standard InChI is InChI=1S/C10H17N3O/c1-13-6-8(5-12-13)9(11)10(14-2)7-3-4-7/h5-7,9-10H,3-4,11H2,1-2H3. The van der Waals surface area contributed by atoms with Crippen molar-refractivity contribution in [2.45, 2.75) is 25.0 Å². The van der Waals surface area contributed by atoms with Gasteiger partial charge in [0.1, 0.15) is 0 Å². The monoisotopic (exact) mass is 195 g/mol. The maximum atomic E-state index is 6.13. The molecule has 4 heteroatoms. The molecule has 2 atom stereocenters. The van der Waals surface area contributed by atoms with E-state index in [0.717, 1.165) is 5.56 Å². The molecule has 2 rings (SSSR count). The van der Waals surface area contributed by atoms with E-state index in [0.29, 0.717) is 5.92 Å². The van der Waals surface area contributed by atoms with E-state index in [-0.39, 0.29) is 12.1 Å². The summed E-state index contributed by atoms with van der Waals surface area (Å²) in [5, 5.41) is 4.12. The average Bonchev–Trinajstić information content (AvgIpc) is 2.90. The van der Waals surface area contributed by atoms with Crippen LogP contribution in [0.2, 0.25) is 0 Å². The zero-order valence-electron chi connectivity index (χ0n) is 8.68. The Morgan fingerprint density at radius 2 is 2.36 bits per heavy atom. The van der Waals surface area contributed by atoms with E-state index >= 15 is 0 Å². The van der Waals surface area contributed by atoms with E-state index in [9.17, 15) is 0 Å². The Balaban J connectivity index is 2.08. The van der Waals surface area contributed by atoms with Gasteiger partial charge in [0.15, 0.2) is 0 Å². The lowest BCUT2D eigenvalue weighted by Crippen LogP contribution is -2.29. The van der Waals surface area contributed by atoms with Gasteiger partial charge in [-0.3, -0.25) is 4.68 Å². The molecule has 0 saturated heterocycles. The van der Waals surface area contributed by atoms with Crippen LogP contribution in [0.25, 0.3) is 0 Å². The van der Waals surface area contributed by atoms with Crippen LogP contribution in [-0.4, -0.2) is 23.0 Å². The van der Waals surface area contributed by atoms with Crippen LogP contribution in [0.3, 0.4) is 0 Å². The number of aromatic nitrogens is 2. The molecule has 2 unspecified atom stereocenters. The van der Waals surface area contributed by atoms with Gasteiger partial charge in [-0.15, -0.1) is 0 Å². The topological polar surface area (TPSA) is 53.1 Å². The molecule has 1 aliphatic carbocycles. The van der Waals surface area contributed by atoms with Gasteiger partial charge >= 0.3 is 0 Å². The van der Waals surface area contributed by atoms with Crippen LogP contribution in [0.5, 0.6) is 0 Å². The second-order valence-corrected chi connectivity index (χ2v) is 4.01. The largest absolute Gasteiger partial charge is 0.379 e. The summed E-state index contributed by atoms with van der Waals surface area (Å²) >= 11 is 0. The van der Waals surface area contributed by atoms with Crippen LogP contribution >= 0.6 is 0 Å². The molecular weight excluding hydrogens is 178 g/mol. The van der Waals surface area contributed by atoms with Crippen LogP contribution in [0.4, 0.5) is 0 Å². The molecule has 1 aromatic rings. The molecule has 14 heavy (non-hydrogen) atoms. The summed E-state index contributed by atoms with van der Waals surface area (Å²) in [6.45, 7) is 0. The number of nitrogens with zero attached hydrogens (tertiary/aromatic N) is 2. The molecule has 2 N–H and O–H groups in total. The molecule has 1 fully saturated rings. The van der Waals surface area contributed by atoms with Crippen molar-refractivity contribution in [3.63, 3.8) is 0 Å². The van der Waals surface area contributed by atoms with E-state index in [2.05, 4.69) is 5.10 Å². The Hall–Kier alpha value is -0.870. The summed E-state index contributed by atoms with van der Waals surface area (Å²) in [7, 11) is 3.63. The van der Waals surface area contributed by atoms with Crippen molar-refractivity contribution >= 4 is 0 Å². The Kier molecular flexibility index (Phi) is 2.56. The van der Waals surface area contributed by atoms with Crippen molar-refractivity contribution in [2.75, 3.05) is 7.11 Å². The fraction of sp³-hybridized carbons (Fsp3) is 0.700. The molecule has 0 radical (unpaired) electrons. The van der Waals surface area contributed by atoms with Gasteiger partial charge in [0.25, 0.3) is 0 Å². The number of rotatable bonds is 4. The molecule has 0 bridgehead atoms. The lowest BCUT2D eigenvalue weighted by atomic mass is 10.0. The minimum absolute atomic E-state index is 0.0406. The van der Waals surface area contributed by atoms with Crippen molar-refractivity contribution in [2.24, 2.45) is 18.7 Å². The van der Waals surface area contributed by atoms with E-state index in [1.165, 1.54) is 12.8 Å². The van der Waals surface area contributed by atoms with E-state index in [1.807, 2.05) is 19.4 Å². The maximum Gasteiger partial charge on any atom is 0.0793 e. The minimum atomic E-state index is -0.0406. The van der Waals surface area contributed by atoms with Crippen molar-refractivity contribution in [3.8, 4) is 0 Å². The molecule has 1 heterocycles. The smallest absolute Gasteiger partial charge is 0.0793 e.